The van der Waals surface area contributed by atoms with Gasteiger partial charge in [-0.25, -0.2) is 0 Å². The van der Waals surface area contributed by atoms with Crippen LogP contribution in [0, 0.1) is 0 Å². The second-order valence-corrected chi connectivity index (χ2v) is 8.96. The summed E-state index contributed by atoms with van der Waals surface area (Å²) in [5, 5.41) is 6.87. The molecule has 0 unspecified atom stereocenters. The maximum absolute atomic E-state index is 12.7. The summed E-state index contributed by atoms with van der Waals surface area (Å²) in [5.41, 5.74) is 4.86. The van der Waals surface area contributed by atoms with Crippen molar-refractivity contribution in [3.05, 3.63) is 70.7 Å². The van der Waals surface area contributed by atoms with Crippen LogP contribution in [0.4, 0.5) is 22.7 Å². The lowest BCUT2D eigenvalue weighted by molar-refractivity contribution is 0.102. The Balaban J connectivity index is 1.22. The first-order valence-corrected chi connectivity index (χ1v) is 12.1. The smallest absolute Gasteiger partial charge is 0.257 e. The molecular weight excluding hydrogens is 466 g/mol. The van der Waals surface area contributed by atoms with Gasteiger partial charge in [-0.1, -0.05) is 11.6 Å². The molecule has 0 aromatic heterocycles. The molecule has 7 nitrogen and oxygen atoms in total. The molecule has 5 rings (SSSR count). The molecule has 182 valence electrons. The average molecular weight is 494 g/mol. The largest absolute Gasteiger partial charge is 0.496 e. The SMILES string of the molecule is COc1cc2c(cc1CCCOc1ccc(N3CCOCC3)cc1)NC(=O)c1ccc(Cl)cc1N2. The highest BCUT2D eigenvalue weighted by Crippen LogP contribution is 2.38. The zero-order chi connectivity index (χ0) is 24.2. The van der Waals surface area contributed by atoms with Crippen molar-refractivity contribution in [3.63, 3.8) is 0 Å². The lowest BCUT2D eigenvalue weighted by Crippen LogP contribution is -2.36. The highest BCUT2D eigenvalue weighted by molar-refractivity contribution is 6.31. The fraction of sp³-hybridized carbons (Fsp3) is 0.296. The van der Waals surface area contributed by atoms with E-state index in [1.165, 1.54) is 5.69 Å². The van der Waals surface area contributed by atoms with Gasteiger partial charge in [-0.15, -0.1) is 0 Å². The van der Waals surface area contributed by atoms with Crippen LogP contribution < -0.4 is 25.0 Å². The predicted molar refractivity (Wildman–Crippen MR) is 139 cm³/mol. The normalized spacial score (nSPS) is 14.8. The first-order chi connectivity index (χ1) is 17.1. The van der Waals surface area contributed by atoms with Gasteiger partial charge in [0.2, 0.25) is 0 Å². The molecule has 0 aliphatic carbocycles. The highest BCUT2D eigenvalue weighted by Gasteiger charge is 2.21. The Kier molecular flexibility index (Phi) is 6.97. The first kappa shape index (κ1) is 23.3. The standard InChI is InChI=1S/C27H28ClN3O4/c1-33-26-17-25-24(30-27(32)22-9-4-19(28)16-23(22)29-25)15-18(26)3-2-12-35-21-7-5-20(6-8-21)31-10-13-34-14-11-31/h4-9,15-17,29H,2-3,10-14H2,1H3,(H,30,32). The molecule has 2 aliphatic heterocycles. The maximum Gasteiger partial charge on any atom is 0.257 e. The Hall–Kier alpha value is -3.42. The van der Waals surface area contributed by atoms with Gasteiger partial charge in [0.25, 0.3) is 5.91 Å². The van der Waals surface area contributed by atoms with Gasteiger partial charge < -0.3 is 29.7 Å². The Morgan fingerprint density at radius 1 is 0.971 bits per heavy atom. The van der Waals surface area contributed by atoms with E-state index in [4.69, 9.17) is 25.8 Å². The van der Waals surface area contributed by atoms with Crippen LogP contribution in [0.5, 0.6) is 11.5 Å². The zero-order valence-electron chi connectivity index (χ0n) is 19.6. The monoisotopic (exact) mass is 493 g/mol. The van der Waals surface area contributed by atoms with Crippen LogP contribution in [-0.4, -0.2) is 45.9 Å². The van der Waals surface area contributed by atoms with E-state index in [2.05, 4.69) is 27.7 Å². The fourth-order valence-electron chi connectivity index (χ4n) is 4.40. The molecule has 2 aliphatic rings. The van der Waals surface area contributed by atoms with Gasteiger partial charge >= 0.3 is 0 Å². The van der Waals surface area contributed by atoms with E-state index in [0.717, 1.165) is 61.9 Å². The number of amides is 1. The van der Waals surface area contributed by atoms with E-state index in [-0.39, 0.29) is 5.91 Å². The topological polar surface area (TPSA) is 72.1 Å². The zero-order valence-corrected chi connectivity index (χ0v) is 20.4. The number of aryl methyl sites for hydroxylation is 1. The number of hydrogen-bond acceptors (Lipinski definition) is 6. The van der Waals surface area contributed by atoms with Crippen LogP contribution in [0.1, 0.15) is 22.3 Å². The number of anilines is 4. The lowest BCUT2D eigenvalue weighted by atomic mass is 10.1. The second-order valence-electron chi connectivity index (χ2n) is 8.52. The fourth-order valence-corrected chi connectivity index (χ4v) is 4.57. The number of morpholine rings is 1. The van der Waals surface area contributed by atoms with Crippen molar-refractivity contribution < 1.29 is 19.0 Å². The van der Waals surface area contributed by atoms with Crippen molar-refractivity contribution in [1.29, 1.82) is 0 Å². The summed E-state index contributed by atoms with van der Waals surface area (Å²) in [6.45, 7) is 3.94. The molecule has 0 spiro atoms. The minimum absolute atomic E-state index is 0.178. The molecule has 1 fully saturated rings. The number of carbonyl (C=O) groups excluding carboxylic acids is 1. The molecule has 0 radical (unpaired) electrons. The summed E-state index contributed by atoms with van der Waals surface area (Å²) in [7, 11) is 1.65. The van der Waals surface area contributed by atoms with Crippen LogP contribution in [0.3, 0.4) is 0 Å². The third-order valence-corrected chi connectivity index (χ3v) is 6.47. The summed E-state index contributed by atoms with van der Waals surface area (Å²) in [4.78, 5) is 15.1. The third-order valence-electron chi connectivity index (χ3n) is 6.24. The highest BCUT2D eigenvalue weighted by atomic mass is 35.5. The van der Waals surface area contributed by atoms with Crippen molar-refractivity contribution in [2.24, 2.45) is 0 Å². The molecule has 0 atom stereocenters. The number of methoxy groups -OCH3 is 1. The van der Waals surface area contributed by atoms with E-state index < -0.39 is 0 Å². The Morgan fingerprint density at radius 3 is 2.51 bits per heavy atom. The van der Waals surface area contributed by atoms with Gasteiger partial charge in [-0.2, -0.15) is 0 Å². The van der Waals surface area contributed by atoms with Crippen LogP contribution in [-0.2, 0) is 11.2 Å². The number of nitrogens with zero attached hydrogens (tertiary/aromatic N) is 1. The van der Waals surface area contributed by atoms with Gasteiger partial charge in [-0.05, 0) is 66.9 Å². The van der Waals surface area contributed by atoms with Crippen molar-refractivity contribution in [2.45, 2.75) is 12.8 Å². The molecule has 0 bridgehead atoms. The number of hydrogen-bond donors (Lipinski definition) is 2. The van der Waals surface area contributed by atoms with Crippen molar-refractivity contribution in [1.82, 2.24) is 0 Å². The van der Waals surface area contributed by atoms with Crippen molar-refractivity contribution >= 4 is 40.3 Å². The molecule has 8 heteroatoms. The summed E-state index contributed by atoms with van der Waals surface area (Å²) in [5.74, 6) is 1.43. The van der Waals surface area contributed by atoms with E-state index in [1.54, 1.807) is 25.3 Å². The van der Waals surface area contributed by atoms with Crippen LogP contribution >= 0.6 is 11.6 Å². The molecule has 1 amide bonds. The summed E-state index contributed by atoms with van der Waals surface area (Å²) in [6, 6.07) is 17.3. The summed E-state index contributed by atoms with van der Waals surface area (Å²) >= 11 is 6.13. The maximum atomic E-state index is 12.7. The van der Waals surface area contributed by atoms with Crippen molar-refractivity contribution in [3.8, 4) is 11.5 Å². The number of benzene rings is 3. The van der Waals surface area contributed by atoms with Crippen LogP contribution in [0.25, 0.3) is 0 Å². The molecular formula is C27H28ClN3O4. The van der Waals surface area contributed by atoms with Crippen molar-refractivity contribution in [2.75, 3.05) is 55.6 Å². The van der Waals surface area contributed by atoms with E-state index in [9.17, 15) is 4.79 Å². The van der Waals surface area contributed by atoms with Gasteiger partial charge in [0, 0.05) is 29.9 Å². The third kappa shape index (κ3) is 5.31. The van der Waals surface area contributed by atoms with Gasteiger partial charge in [0.1, 0.15) is 11.5 Å². The number of carbonyl (C=O) groups is 1. The summed E-state index contributed by atoms with van der Waals surface area (Å²) in [6.07, 6.45) is 1.55. The van der Waals surface area contributed by atoms with Crippen LogP contribution in [0.2, 0.25) is 5.02 Å². The Bertz CT molecular complexity index is 1210. The lowest BCUT2D eigenvalue weighted by Gasteiger charge is -2.28. The van der Waals surface area contributed by atoms with E-state index in [0.29, 0.717) is 28.6 Å². The van der Waals surface area contributed by atoms with Crippen LogP contribution in [0.15, 0.2) is 54.6 Å². The molecule has 0 saturated carbocycles. The van der Waals surface area contributed by atoms with Gasteiger partial charge in [-0.3, -0.25) is 4.79 Å². The number of ether oxygens (including phenoxy) is 3. The minimum atomic E-state index is -0.178. The average Bonchev–Trinajstić information content (AvgIpc) is 3.01. The molecule has 2 N–H and O–H groups in total. The predicted octanol–water partition coefficient (Wildman–Crippen LogP) is 5.51. The van der Waals surface area contributed by atoms with E-state index in [1.807, 2.05) is 24.3 Å². The van der Waals surface area contributed by atoms with E-state index >= 15 is 0 Å². The molecule has 35 heavy (non-hydrogen) atoms. The Labute approximate surface area is 209 Å². The second kappa shape index (κ2) is 10.5. The molecule has 3 aromatic rings. The quantitative estimate of drug-likeness (QED) is 0.423. The number of nitrogens with one attached hydrogen (secondary N) is 2. The molecule has 2 heterocycles. The molecule has 3 aromatic carbocycles. The van der Waals surface area contributed by atoms with Gasteiger partial charge in [0.05, 0.1) is 49.6 Å². The molecule has 1 saturated heterocycles. The van der Waals surface area contributed by atoms with Gasteiger partial charge in [0.15, 0.2) is 0 Å². The number of fused-ring (bicyclic) bond motifs is 2. The number of rotatable bonds is 7. The first-order valence-electron chi connectivity index (χ1n) is 11.7. The minimum Gasteiger partial charge on any atom is -0.496 e. The Morgan fingerprint density at radius 2 is 1.74 bits per heavy atom. The summed E-state index contributed by atoms with van der Waals surface area (Å²) < 4.78 is 17.0. The number of halogens is 1.